The highest BCUT2D eigenvalue weighted by Gasteiger charge is 2.27. The SMILES string of the molecule is CC.CC(C)c1ccc(CC(F)(F)F)cn1. The number of nitrogens with zero attached hydrogens (tertiary/aromatic N) is 1. The zero-order valence-corrected chi connectivity index (χ0v) is 10.1. The van der Waals surface area contributed by atoms with Gasteiger partial charge in [0.1, 0.15) is 0 Å². The van der Waals surface area contributed by atoms with Crippen LogP contribution in [0.1, 0.15) is 44.9 Å². The maximum atomic E-state index is 12.0. The minimum atomic E-state index is -4.15. The number of halogens is 3. The van der Waals surface area contributed by atoms with Crippen molar-refractivity contribution in [1.29, 1.82) is 0 Å². The van der Waals surface area contributed by atoms with E-state index in [0.717, 1.165) is 5.69 Å². The van der Waals surface area contributed by atoms with Crippen LogP contribution < -0.4 is 0 Å². The minimum Gasteiger partial charge on any atom is -0.261 e. The summed E-state index contributed by atoms with van der Waals surface area (Å²) in [5.41, 5.74) is 1.03. The molecule has 0 aliphatic carbocycles. The molecule has 92 valence electrons. The Labute approximate surface area is 94.7 Å². The molecule has 1 nitrogen and oxygen atoms in total. The summed E-state index contributed by atoms with van der Waals surface area (Å²) >= 11 is 0. The number of hydrogen-bond acceptors (Lipinski definition) is 1. The molecular formula is C12H18F3N. The van der Waals surface area contributed by atoms with Crippen LogP contribution in [0.2, 0.25) is 0 Å². The smallest absolute Gasteiger partial charge is 0.261 e. The molecular weight excluding hydrogens is 215 g/mol. The quantitative estimate of drug-likeness (QED) is 0.740. The first-order valence-electron chi connectivity index (χ1n) is 5.40. The van der Waals surface area contributed by atoms with Gasteiger partial charge in [-0.2, -0.15) is 13.2 Å². The zero-order chi connectivity index (χ0) is 12.8. The Morgan fingerprint density at radius 2 is 1.75 bits per heavy atom. The second-order valence-corrected chi connectivity index (χ2v) is 3.54. The number of pyridine rings is 1. The van der Waals surface area contributed by atoms with E-state index in [1.807, 2.05) is 27.7 Å². The molecule has 0 aliphatic heterocycles. The molecule has 0 saturated carbocycles. The van der Waals surface area contributed by atoms with E-state index in [1.54, 1.807) is 6.07 Å². The Bertz CT molecular complexity index is 288. The topological polar surface area (TPSA) is 12.9 Å². The van der Waals surface area contributed by atoms with Crippen molar-refractivity contribution < 1.29 is 13.2 Å². The predicted octanol–water partition coefficient (Wildman–Crippen LogP) is 4.34. The van der Waals surface area contributed by atoms with E-state index >= 15 is 0 Å². The van der Waals surface area contributed by atoms with Gasteiger partial charge in [0.25, 0.3) is 0 Å². The van der Waals surface area contributed by atoms with Crippen molar-refractivity contribution in [2.24, 2.45) is 0 Å². The summed E-state index contributed by atoms with van der Waals surface area (Å²) < 4.78 is 35.9. The first kappa shape index (κ1) is 14.9. The van der Waals surface area contributed by atoms with Gasteiger partial charge in [-0.1, -0.05) is 33.8 Å². The molecule has 0 spiro atoms. The largest absolute Gasteiger partial charge is 0.393 e. The number of aromatic nitrogens is 1. The number of hydrogen-bond donors (Lipinski definition) is 0. The summed E-state index contributed by atoms with van der Waals surface area (Å²) in [6.45, 7) is 7.90. The van der Waals surface area contributed by atoms with Crippen LogP contribution in [0.4, 0.5) is 13.2 Å². The monoisotopic (exact) mass is 233 g/mol. The van der Waals surface area contributed by atoms with E-state index in [4.69, 9.17) is 0 Å². The molecule has 0 aliphatic rings. The molecule has 0 amide bonds. The highest BCUT2D eigenvalue weighted by molar-refractivity contribution is 5.16. The molecule has 0 aromatic carbocycles. The van der Waals surface area contributed by atoms with Crippen LogP contribution >= 0.6 is 0 Å². The standard InChI is InChI=1S/C10H12F3N.C2H6/c1-7(2)9-4-3-8(6-14-9)5-10(11,12)13;1-2/h3-4,6-7H,5H2,1-2H3;1-2H3. The first-order valence-corrected chi connectivity index (χ1v) is 5.40. The molecule has 1 aromatic heterocycles. The van der Waals surface area contributed by atoms with Crippen molar-refractivity contribution in [2.75, 3.05) is 0 Å². The third-order valence-electron chi connectivity index (χ3n) is 1.84. The normalized spacial score (nSPS) is 11.0. The van der Waals surface area contributed by atoms with Gasteiger partial charge in [0.2, 0.25) is 0 Å². The lowest BCUT2D eigenvalue weighted by atomic mass is 10.1. The summed E-state index contributed by atoms with van der Waals surface area (Å²) in [5, 5.41) is 0. The predicted molar refractivity (Wildman–Crippen MR) is 59.4 cm³/mol. The molecule has 0 unspecified atom stereocenters. The van der Waals surface area contributed by atoms with Crippen LogP contribution in [0.25, 0.3) is 0 Å². The third kappa shape index (κ3) is 5.73. The average molecular weight is 233 g/mol. The summed E-state index contributed by atoms with van der Waals surface area (Å²) in [6.07, 6.45) is -3.76. The molecule has 0 saturated heterocycles. The van der Waals surface area contributed by atoms with Crippen LogP contribution in [0, 0.1) is 0 Å². The van der Waals surface area contributed by atoms with Crippen LogP contribution in [0.15, 0.2) is 18.3 Å². The Kier molecular flexibility index (Phi) is 6.08. The molecule has 0 radical (unpaired) electrons. The third-order valence-corrected chi connectivity index (χ3v) is 1.84. The van der Waals surface area contributed by atoms with Crippen molar-refractivity contribution >= 4 is 0 Å². The van der Waals surface area contributed by atoms with Gasteiger partial charge in [0, 0.05) is 11.9 Å². The highest BCUT2D eigenvalue weighted by atomic mass is 19.4. The summed E-state index contributed by atoms with van der Waals surface area (Å²) in [4.78, 5) is 3.96. The molecule has 0 atom stereocenters. The zero-order valence-electron chi connectivity index (χ0n) is 10.1. The summed E-state index contributed by atoms with van der Waals surface area (Å²) in [7, 11) is 0. The molecule has 0 N–H and O–H groups in total. The fourth-order valence-corrected chi connectivity index (χ4v) is 1.11. The highest BCUT2D eigenvalue weighted by Crippen LogP contribution is 2.21. The van der Waals surface area contributed by atoms with Gasteiger partial charge >= 0.3 is 6.18 Å². The fourth-order valence-electron chi connectivity index (χ4n) is 1.11. The Balaban J connectivity index is 0.00000106. The van der Waals surface area contributed by atoms with Crippen LogP contribution in [0.5, 0.6) is 0 Å². The van der Waals surface area contributed by atoms with Crippen LogP contribution in [0.3, 0.4) is 0 Å². The lowest BCUT2D eigenvalue weighted by Gasteiger charge is -2.07. The second-order valence-electron chi connectivity index (χ2n) is 3.54. The van der Waals surface area contributed by atoms with E-state index in [1.165, 1.54) is 12.3 Å². The molecule has 0 bridgehead atoms. The van der Waals surface area contributed by atoms with Crippen molar-refractivity contribution in [3.63, 3.8) is 0 Å². The van der Waals surface area contributed by atoms with Gasteiger partial charge in [0.15, 0.2) is 0 Å². The minimum absolute atomic E-state index is 0.210. The van der Waals surface area contributed by atoms with Crippen LogP contribution in [-0.2, 0) is 6.42 Å². The van der Waals surface area contributed by atoms with Crippen molar-refractivity contribution in [3.8, 4) is 0 Å². The van der Waals surface area contributed by atoms with E-state index in [9.17, 15) is 13.2 Å². The Hall–Kier alpha value is -1.06. The number of alkyl halides is 3. The summed E-state index contributed by atoms with van der Waals surface area (Å²) in [6, 6.07) is 3.13. The molecule has 0 fully saturated rings. The molecule has 16 heavy (non-hydrogen) atoms. The fraction of sp³-hybridized carbons (Fsp3) is 0.583. The first-order chi connectivity index (χ1) is 7.38. The second kappa shape index (κ2) is 6.51. The molecule has 1 rings (SSSR count). The van der Waals surface area contributed by atoms with Crippen molar-refractivity contribution in [3.05, 3.63) is 29.6 Å². The van der Waals surface area contributed by atoms with E-state index in [2.05, 4.69) is 4.98 Å². The lowest BCUT2D eigenvalue weighted by molar-refractivity contribution is -0.127. The average Bonchev–Trinajstić information content (AvgIpc) is 2.19. The van der Waals surface area contributed by atoms with Gasteiger partial charge in [-0.3, -0.25) is 4.98 Å². The number of rotatable bonds is 2. The molecule has 4 heteroatoms. The summed E-state index contributed by atoms with van der Waals surface area (Å²) in [5.74, 6) is 0.245. The van der Waals surface area contributed by atoms with E-state index in [-0.39, 0.29) is 11.5 Å². The lowest BCUT2D eigenvalue weighted by Crippen LogP contribution is -2.11. The van der Waals surface area contributed by atoms with Gasteiger partial charge in [-0.25, -0.2) is 0 Å². The van der Waals surface area contributed by atoms with Gasteiger partial charge in [-0.05, 0) is 17.5 Å². The van der Waals surface area contributed by atoms with Gasteiger partial charge < -0.3 is 0 Å². The van der Waals surface area contributed by atoms with Gasteiger partial charge in [-0.15, -0.1) is 0 Å². The van der Waals surface area contributed by atoms with Crippen molar-refractivity contribution in [2.45, 2.75) is 46.2 Å². The maximum absolute atomic E-state index is 12.0. The van der Waals surface area contributed by atoms with Gasteiger partial charge in [0.05, 0.1) is 6.42 Å². The molecule has 1 aromatic rings. The Morgan fingerprint density at radius 3 is 2.06 bits per heavy atom. The Morgan fingerprint density at radius 1 is 1.19 bits per heavy atom. The van der Waals surface area contributed by atoms with E-state index < -0.39 is 12.6 Å². The van der Waals surface area contributed by atoms with Crippen molar-refractivity contribution in [1.82, 2.24) is 4.98 Å². The maximum Gasteiger partial charge on any atom is 0.393 e. The molecule has 1 heterocycles. The van der Waals surface area contributed by atoms with Crippen LogP contribution in [-0.4, -0.2) is 11.2 Å². The van der Waals surface area contributed by atoms with E-state index in [0.29, 0.717) is 0 Å².